The Bertz CT molecular complexity index is 477. The van der Waals surface area contributed by atoms with E-state index < -0.39 is 11.4 Å². The molecule has 0 aliphatic heterocycles. The molecular weight excluding hydrogens is 244 g/mol. The molecule has 0 radical (unpaired) electrons. The van der Waals surface area contributed by atoms with Gasteiger partial charge in [0.2, 0.25) is 0 Å². The van der Waals surface area contributed by atoms with Crippen LogP contribution in [0.3, 0.4) is 0 Å². The van der Waals surface area contributed by atoms with Crippen molar-refractivity contribution in [2.45, 2.75) is 31.6 Å². The molecule has 0 aromatic heterocycles. The number of methoxy groups -OCH3 is 1. The third-order valence-corrected chi connectivity index (χ3v) is 3.64. The number of hydrogen-bond donors (Lipinski definition) is 0. The topological polar surface area (TPSA) is 52.6 Å². The molecule has 4 nitrogen and oxygen atoms in total. The number of carbonyl (C=O) groups is 2. The molecule has 0 bridgehead atoms. The fourth-order valence-corrected chi connectivity index (χ4v) is 2.64. The quantitative estimate of drug-likeness (QED) is 0.617. The van der Waals surface area contributed by atoms with Crippen molar-refractivity contribution in [2.75, 3.05) is 13.7 Å². The van der Waals surface area contributed by atoms with Crippen molar-refractivity contribution >= 4 is 11.8 Å². The first kappa shape index (κ1) is 13.6. The van der Waals surface area contributed by atoms with Crippen LogP contribution in [0.5, 0.6) is 5.75 Å². The van der Waals surface area contributed by atoms with Gasteiger partial charge < -0.3 is 9.47 Å². The van der Waals surface area contributed by atoms with Crippen LogP contribution in [-0.2, 0) is 19.7 Å². The molecular formula is C15H18O4. The highest BCUT2D eigenvalue weighted by Gasteiger charge is 2.51. The molecule has 0 spiro atoms. The molecule has 4 heteroatoms. The minimum atomic E-state index is -1.11. The predicted molar refractivity (Wildman–Crippen MR) is 70.2 cm³/mol. The van der Waals surface area contributed by atoms with Crippen LogP contribution in [0, 0.1) is 0 Å². The highest BCUT2D eigenvalue weighted by molar-refractivity contribution is 6.11. The van der Waals surface area contributed by atoms with Crippen molar-refractivity contribution in [1.29, 1.82) is 0 Å². The van der Waals surface area contributed by atoms with Crippen molar-refractivity contribution in [3.05, 3.63) is 29.8 Å². The van der Waals surface area contributed by atoms with Crippen molar-refractivity contribution in [3.8, 4) is 5.75 Å². The molecule has 1 atom stereocenters. The minimum absolute atomic E-state index is 0.0453. The van der Waals surface area contributed by atoms with Crippen LogP contribution in [0.4, 0.5) is 0 Å². The van der Waals surface area contributed by atoms with Gasteiger partial charge in [-0.25, -0.2) is 0 Å². The molecule has 0 heterocycles. The molecule has 2 rings (SSSR count). The van der Waals surface area contributed by atoms with Gasteiger partial charge >= 0.3 is 5.97 Å². The molecule has 1 unspecified atom stereocenters. The number of esters is 1. The molecule has 19 heavy (non-hydrogen) atoms. The Labute approximate surface area is 112 Å². The van der Waals surface area contributed by atoms with Crippen LogP contribution >= 0.6 is 0 Å². The Morgan fingerprint density at radius 1 is 1.32 bits per heavy atom. The number of Topliss-reactive ketones (excluding diaryl/α,β-unsaturated/α-hetero) is 1. The zero-order valence-electron chi connectivity index (χ0n) is 11.3. The van der Waals surface area contributed by atoms with Crippen LogP contribution in [0.25, 0.3) is 0 Å². The zero-order chi connectivity index (χ0) is 13.9. The van der Waals surface area contributed by atoms with E-state index in [9.17, 15) is 9.59 Å². The second kappa shape index (κ2) is 5.43. The highest BCUT2D eigenvalue weighted by Crippen LogP contribution is 2.40. The summed E-state index contributed by atoms with van der Waals surface area (Å²) in [6.45, 7) is 2.03. The second-order valence-electron chi connectivity index (χ2n) is 4.63. The molecule has 1 aromatic rings. The van der Waals surface area contributed by atoms with E-state index in [4.69, 9.17) is 9.47 Å². The predicted octanol–water partition coefficient (Wildman–Crippen LogP) is 2.25. The third kappa shape index (κ3) is 2.23. The van der Waals surface area contributed by atoms with Crippen LogP contribution in [-0.4, -0.2) is 25.5 Å². The van der Waals surface area contributed by atoms with E-state index in [2.05, 4.69) is 0 Å². The van der Waals surface area contributed by atoms with Gasteiger partial charge in [0.25, 0.3) is 0 Å². The molecule has 0 saturated heterocycles. The van der Waals surface area contributed by atoms with Gasteiger partial charge in [-0.05, 0) is 37.5 Å². The lowest BCUT2D eigenvalue weighted by Gasteiger charge is -2.25. The van der Waals surface area contributed by atoms with E-state index in [0.717, 1.165) is 6.42 Å². The molecule has 0 N–H and O–H groups in total. The van der Waals surface area contributed by atoms with Crippen molar-refractivity contribution in [3.63, 3.8) is 0 Å². The van der Waals surface area contributed by atoms with Crippen LogP contribution < -0.4 is 4.74 Å². The average molecular weight is 262 g/mol. The van der Waals surface area contributed by atoms with Crippen LogP contribution in [0.1, 0.15) is 31.7 Å². The number of ether oxygens (including phenoxy) is 2. The van der Waals surface area contributed by atoms with E-state index in [-0.39, 0.29) is 12.4 Å². The minimum Gasteiger partial charge on any atom is -0.497 e. The summed E-state index contributed by atoms with van der Waals surface area (Å²) in [6, 6.07) is 7.09. The first-order chi connectivity index (χ1) is 9.15. The summed E-state index contributed by atoms with van der Waals surface area (Å²) in [6.07, 6.45) is 1.69. The molecule has 0 amide bonds. The Morgan fingerprint density at radius 2 is 2.00 bits per heavy atom. The third-order valence-electron chi connectivity index (χ3n) is 3.64. The Balaban J connectivity index is 2.42. The van der Waals surface area contributed by atoms with E-state index >= 15 is 0 Å². The standard InChI is InChI=1S/C15H18O4/c1-3-19-14(17)15(10-4-5-13(15)16)11-6-8-12(18-2)9-7-11/h6-9H,3-5,10H2,1-2H3. The summed E-state index contributed by atoms with van der Waals surface area (Å²) in [4.78, 5) is 24.5. The van der Waals surface area contributed by atoms with Gasteiger partial charge in [0.05, 0.1) is 13.7 Å². The maximum absolute atomic E-state index is 12.3. The van der Waals surface area contributed by atoms with Crippen molar-refractivity contribution in [2.24, 2.45) is 0 Å². The molecule has 102 valence electrons. The van der Waals surface area contributed by atoms with Gasteiger partial charge in [-0.15, -0.1) is 0 Å². The fraction of sp³-hybridized carbons (Fsp3) is 0.467. The van der Waals surface area contributed by atoms with Gasteiger partial charge in [-0.2, -0.15) is 0 Å². The monoisotopic (exact) mass is 262 g/mol. The number of benzene rings is 1. The van der Waals surface area contributed by atoms with E-state index in [0.29, 0.717) is 24.2 Å². The van der Waals surface area contributed by atoms with Gasteiger partial charge in [-0.3, -0.25) is 9.59 Å². The maximum Gasteiger partial charge on any atom is 0.324 e. The number of carbonyl (C=O) groups excluding carboxylic acids is 2. The largest absolute Gasteiger partial charge is 0.497 e. The number of hydrogen-bond acceptors (Lipinski definition) is 4. The maximum atomic E-state index is 12.3. The summed E-state index contributed by atoms with van der Waals surface area (Å²) >= 11 is 0. The normalized spacial score (nSPS) is 22.3. The fourth-order valence-electron chi connectivity index (χ4n) is 2.64. The molecule has 1 saturated carbocycles. The van der Waals surface area contributed by atoms with Crippen LogP contribution in [0.2, 0.25) is 0 Å². The first-order valence-corrected chi connectivity index (χ1v) is 6.50. The molecule has 1 fully saturated rings. The Hall–Kier alpha value is -1.84. The lowest BCUT2D eigenvalue weighted by Crippen LogP contribution is -2.41. The van der Waals surface area contributed by atoms with Gasteiger partial charge in [0.1, 0.15) is 5.75 Å². The molecule has 1 aromatic carbocycles. The number of rotatable bonds is 4. The smallest absolute Gasteiger partial charge is 0.324 e. The Kier molecular flexibility index (Phi) is 3.88. The average Bonchev–Trinajstić information content (AvgIpc) is 2.82. The van der Waals surface area contributed by atoms with E-state index in [1.54, 1.807) is 38.3 Å². The Morgan fingerprint density at radius 3 is 2.47 bits per heavy atom. The lowest BCUT2D eigenvalue weighted by atomic mass is 9.78. The van der Waals surface area contributed by atoms with Crippen LogP contribution in [0.15, 0.2) is 24.3 Å². The van der Waals surface area contributed by atoms with Crippen molar-refractivity contribution in [1.82, 2.24) is 0 Å². The second-order valence-corrected chi connectivity index (χ2v) is 4.63. The summed E-state index contributed by atoms with van der Waals surface area (Å²) in [7, 11) is 1.58. The van der Waals surface area contributed by atoms with E-state index in [1.807, 2.05) is 0 Å². The summed E-state index contributed by atoms with van der Waals surface area (Å²) in [5.74, 6) is 0.229. The summed E-state index contributed by atoms with van der Waals surface area (Å²) < 4.78 is 10.2. The lowest BCUT2D eigenvalue weighted by molar-refractivity contribution is -0.153. The molecule has 1 aliphatic rings. The summed E-state index contributed by atoms with van der Waals surface area (Å²) in [5.41, 5.74) is -0.406. The SMILES string of the molecule is CCOC(=O)C1(c2ccc(OC)cc2)CCCC1=O. The van der Waals surface area contributed by atoms with Gasteiger partial charge in [0.15, 0.2) is 11.2 Å². The van der Waals surface area contributed by atoms with Gasteiger partial charge in [-0.1, -0.05) is 12.1 Å². The number of ketones is 1. The van der Waals surface area contributed by atoms with Crippen molar-refractivity contribution < 1.29 is 19.1 Å². The van der Waals surface area contributed by atoms with Gasteiger partial charge in [0, 0.05) is 6.42 Å². The zero-order valence-corrected chi connectivity index (χ0v) is 11.3. The molecule has 1 aliphatic carbocycles. The summed E-state index contributed by atoms with van der Waals surface area (Å²) in [5, 5.41) is 0. The highest BCUT2D eigenvalue weighted by atomic mass is 16.5. The first-order valence-electron chi connectivity index (χ1n) is 6.50. The van der Waals surface area contributed by atoms with E-state index in [1.165, 1.54) is 0 Å².